The van der Waals surface area contributed by atoms with Gasteiger partial charge in [-0.1, -0.05) is 43.1 Å². The highest BCUT2D eigenvalue weighted by Gasteiger charge is 2.36. The molecule has 0 saturated heterocycles. The van der Waals surface area contributed by atoms with Crippen LogP contribution in [0.4, 0.5) is 5.69 Å². The topological polar surface area (TPSA) is 77.4 Å². The third kappa shape index (κ3) is 4.44. The number of aryl methyl sites for hydroxylation is 1. The number of Topliss-reactive ketones (excluding diaryl/α,β-unsaturated/α-hetero) is 1. The van der Waals surface area contributed by atoms with Crippen LogP contribution >= 0.6 is 11.6 Å². The SMILES string of the molecule is COc1ccc(NC(=O)c2c3c(cn(-c4ccc(C)cc4)c2=O)C(=O)CC(C)(C)C3)cc1Cl. The number of hydrogen-bond donors (Lipinski definition) is 1. The van der Waals surface area contributed by atoms with Crippen molar-refractivity contribution in [2.45, 2.75) is 33.6 Å². The van der Waals surface area contributed by atoms with E-state index in [9.17, 15) is 14.4 Å². The van der Waals surface area contributed by atoms with E-state index in [1.807, 2.05) is 32.9 Å². The Hall–Kier alpha value is -3.38. The van der Waals surface area contributed by atoms with Crippen molar-refractivity contribution >= 4 is 29.0 Å². The molecule has 0 spiro atoms. The average molecular weight is 465 g/mol. The summed E-state index contributed by atoms with van der Waals surface area (Å²) in [5.74, 6) is -0.186. The first-order valence-corrected chi connectivity index (χ1v) is 11.0. The highest BCUT2D eigenvalue weighted by atomic mass is 35.5. The largest absolute Gasteiger partial charge is 0.495 e. The van der Waals surface area contributed by atoms with Gasteiger partial charge in [0.15, 0.2) is 5.78 Å². The van der Waals surface area contributed by atoms with Crippen LogP contribution in [-0.2, 0) is 6.42 Å². The molecule has 2 aromatic carbocycles. The van der Waals surface area contributed by atoms with Gasteiger partial charge in [0, 0.05) is 29.6 Å². The van der Waals surface area contributed by atoms with Gasteiger partial charge in [0.05, 0.1) is 12.1 Å². The molecular weight excluding hydrogens is 440 g/mol. The molecule has 7 heteroatoms. The summed E-state index contributed by atoms with van der Waals surface area (Å²) in [6.45, 7) is 5.87. The van der Waals surface area contributed by atoms with Gasteiger partial charge in [-0.15, -0.1) is 0 Å². The number of carbonyl (C=O) groups excluding carboxylic acids is 2. The second kappa shape index (κ2) is 8.52. The number of rotatable bonds is 4. The quantitative estimate of drug-likeness (QED) is 0.574. The maximum Gasteiger partial charge on any atom is 0.268 e. The fourth-order valence-electron chi connectivity index (χ4n) is 4.21. The zero-order chi connectivity index (χ0) is 23.9. The number of nitrogens with one attached hydrogen (secondary N) is 1. The third-order valence-electron chi connectivity index (χ3n) is 5.86. The van der Waals surface area contributed by atoms with Crippen LogP contribution in [-0.4, -0.2) is 23.4 Å². The van der Waals surface area contributed by atoms with Gasteiger partial charge in [-0.3, -0.25) is 19.0 Å². The number of nitrogens with zero attached hydrogens (tertiary/aromatic N) is 1. The molecule has 0 fully saturated rings. The Bertz CT molecular complexity index is 1320. The van der Waals surface area contributed by atoms with Gasteiger partial charge >= 0.3 is 0 Å². The summed E-state index contributed by atoms with van der Waals surface area (Å²) in [5, 5.41) is 3.10. The number of methoxy groups -OCH3 is 1. The lowest BCUT2D eigenvalue weighted by atomic mass is 9.73. The second-order valence-corrected chi connectivity index (χ2v) is 9.56. The zero-order valence-electron chi connectivity index (χ0n) is 19.0. The first-order valence-electron chi connectivity index (χ1n) is 10.6. The van der Waals surface area contributed by atoms with Crippen LogP contribution in [0.1, 0.15) is 52.1 Å². The Kier molecular flexibility index (Phi) is 5.89. The van der Waals surface area contributed by atoms with Crippen molar-refractivity contribution in [2.24, 2.45) is 5.41 Å². The number of ether oxygens (including phenoxy) is 1. The van der Waals surface area contributed by atoms with Crippen LogP contribution < -0.4 is 15.6 Å². The summed E-state index contributed by atoms with van der Waals surface area (Å²) in [6, 6.07) is 12.2. The molecule has 0 bridgehead atoms. The lowest BCUT2D eigenvalue weighted by molar-refractivity contribution is 0.0910. The van der Waals surface area contributed by atoms with Crippen molar-refractivity contribution in [3.8, 4) is 11.4 Å². The number of pyridine rings is 1. The first-order chi connectivity index (χ1) is 15.6. The molecule has 1 heterocycles. The average Bonchev–Trinajstić information content (AvgIpc) is 2.73. The Morgan fingerprint density at radius 2 is 1.79 bits per heavy atom. The molecule has 1 aliphatic carbocycles. The van der Waals surface area contributed by atoms with Crippen molar-refractivity contribution in [3.63, 3.8) is 0 Å². The van der Waals surface area contributed by atoms with Gasteiger partial charge in [-0.2, -0.15) is 0 Å². The fraction of sp³-hybridized carbons (Fsp3) is 0.269. The van der Waals surface area contributed by atoms with E-state index in [1.54, 1.807) is 36.5 Å². The summed E-state index contributed by atoms with van der Waals surface area (Å²) in [7, 11) is 1.50. The maximum absolute atomic E-state index is 13.6. The summed E-state index contributed by atoms with van der Waals surface area (Å²) in [6.07, 6.45) is 2.37. The van der Waals surface area contributed by atoms with Crippen LogP contribution in [0.5, 0.6) is 5.75 Å². The van der Waals surface area contributed by atoms with E-state index in [0.717, 1.165) is 5.56 Å². The van der Waals surface area contributed by atoms with Crippen LogP contribution in [0.15, 0.2) is 53.5 Å². The van der Waals surface area contributed by atoms with Crippen molar-refractivity contribution in [1.82, 2.24) is 4.57 Å². The lowest BCUT2D eigenvalue weighted by Crippen LogP contribution is -2.37. The van der Waals surface area contributed by atoms with E-state index in [1.165, 1.54) is 11.7 Å². The van der Waals surface area contributed by atoms with E-state index < -0.39 is 11.5 Å². The molecule has 33 heavy (non-hydrogen) atoms. The molecule has 4 rings (SSSR count). The summed E-state index contributed by atoms with van der Waals surface area (Å²) in [4.78, 5) is 40.0. The number of amides is 1. The Morgan fingerprint density at radius 3 is 2.42 bits per heavy atom. The van der Waals surface area contributed by atoms with E-state index in [0.29, 0.717) is 46.1 Å². The number of benzene rings is 2. The summed E-state index contributed by atoms with van der Waals surface area (Å²) >= 11 is 6.19. The zero-order valence-corrected chi connectivity index (χ0v) is 19.7. The molecule has 3 aromatic rings. The molecule has 1 N–H and O–H groups in total. The van der Waals surface area contributed by atoms with Crippen molar-refractivity contribution < 1.29 is 14.3 Å². The van der Waals surface area contributed by atoms with Crippen LogP contribution in [0, 0.1) is 12.3 Å². The predicted molar refractivity (Wildman–Crippen MR) is 129 cm³/mol. The normalized spacial score (nSPS) is 14.5. The number of halogens is 1. The minimum absolute atomic E-state index is 0.0267. The second-order valence-electron chi connectivity index (χ2n) is 9.15. The van der Waals surface area contributed by atoms with Crippen LogP contribution in [0.2, 0.25) is 5.02 Å². The predicted octanol–water partition coefficient (Wildman–Crippen LogP) is 5.22. The van der Waals surface area contributed by atoms with Gasteiger partial charge in [0.2, 0.25) is 0 Å². The smallest absolute Gasteiger partial charge is 0.268 e. The van der Waals surface area contributed by atoms with E-state index in [-0.39, 0.29) is 16.8 Å². The molecule has 0 unspecified atom stereocenters. The molecular formula is C26H25ClN2O4. The lowest BCUT2D eigenvalue weighted by Gasteiger charge is -2.31. The molecule has 1 aliphatic rings. The molecule has 1 amide bonds. The molecule has 0 aliphatic heterocycles. The number of aromatic nitrogens is 1. The molecule has 1 aromatic heterocycles. The summed E-state index contributed by atoms with van der Waals surface area (Å²) < 4.78 is 6.53. The van der Waals surface area contributed by atoms with Crippen molar-refractivity contribution in [3.05, 3.63) is 86.3 Å². The highest BCUT2D eigenvalue weighted by Crippen LogP contribution is 2.36. The van der Waals surface area contributed by atoms with Crippen LogP contribution in [0.3, 0.4) is 0 Å². The molecule has 6 nitrogen and oxygen atoms in total. The van der Waals surface area contributed by atoms with Gasteiger partial charge < -0.3 is 10.1 Å². The molecule has 170 valence electrons. The molecule has 0 saturated carbocycles. The minimum Gasteiger partial charge on any atom is -0.495 e. The van der Waals surface area contributed by atoms with Crippen LogP contribution in [0.25, 0.3) is 5.69 Å². The number of ketones is 1. The Morgan fingerprint density at radius 1 is 1.09 bits per heavy atom. The van der Waals surface area contributed by atoms with Gasteiger partial charge in [0.1, 0.15) is 11.3 Å². The Labute approximate surface area is 197 Å². The van der Waals surface area contributed by atoms with Gasteiger partial charge in [0.25, 0.3) is 11.5 Å². The minimum atomic E-state index is -0.579. The van der Waals surface area contributed by atoms with E-state index >= 15 is 0 Å². The monoisotopic (exact) mass is 464 g/mol. The van der Waals surface area contributed by atoms with Crippen molar-refractivity contribution in [2.75, 3.05) is 12.4 Å². The van der Waals surface area contributed by atoms with Gasteiger partial charge in [-0.25, -0.2) is 0 Å². The van der Waals surface area contributed by atoms with Crippen molar-refractivity contribution in [1.29, 1.82) is 0 Å². The number of carbonyl (C=O) groups is 2. The number of anilines is 1. The standard InChI is InChI=1S/C26H25ClN2O4/c1-15-5-8-17(9-6-15)29-14-19-18(12-26(2,3)13-21(19)30)23(25(29)32)24(31)28-16-7-10-22(33-4)20(27)11-16/h5-11,14H,12-13H2,1-4H3,(H,28,31). The highest BCUT2D eigenvalue weighted by molar-refractivity contribution is 6.32. The van der Waals surface area contributed by atoms with Gasteiger partial charge in [-0.05, 0) is 54.7 Å². The summed E-state index contributed by atoms with van der Waals surface area (Å²) in [5.41, 5.74) is 2.09. The third-order valence-corrected chi connectivity index (χ3v) is 6.16. The van der Waals surface area contributed by atoms with E-state index in [4.69, 9.17) is 16.3 Å². The number of fused-ring (bicyclic) bond motifs is 1. The maximum atomic E-state index is 13.6. The fourth-order valence-corrected chi connectivity index (χ4v) is 4.47. The first kappa shape index (κ1) is 22.8. The van der Waals surface area contributed by atoms with E-state index in [2.05, 4.69) is 5.32 Å². The molecule has 0 radical (unpaired) electrons. The number of hydrogen-bond acceptors (Lipinski definition) is 4. The Balaban J connectivity index is 1.87. The molecule has 0 atom stereocenters.